The van der Waals surface area contributed by atoms with Crippen LogP contribution in [0, 0.1) is 12.8 Å². The summed E-state index contributed by atoms with van der Waals surface area (Å²) < 4.78 is 0. The molecule has 0 saturated carbocycles. The van der Waals surface area contributed by atoms with Crippen molar-refractivity contribution < 1.29 is 0 Å². The molecule has 0 bridgehead atoms. The van der Waals surface area contributed by atoms with Gasteiger partial charge in [-0.25, -0.2) is 0 Å². The molecule has 0 aliphatic carbocycles. The van der Waals surface area contributed by atoms with Crippen molar-refractivity contribution in [2.45, 2.75) is 40.2 Å². The first kappa shape index (κ1) is 11.1. The number of hydrogen-bond donors (Lipinski definition) is 1. The molecular weight excluding hydrogens is 170 g/mol. The predicted molar refractivity (Wildman–Crippen MR) is 63.7 cm³/mol. The minimum absolute atomic E-state index is 0.543. The second-order valence-corrected chi connectivity index (χ2v) is 4.13. The van der Waals surface area contributed by atoms with Gasteiger partial charge in [-0.05, 0) is 31.4 Å². The first-order valence-corrected chi connectivity index (χ1v) is 5.47. The summed E-state index contributed by atoms with van der Waals surface area (Å²) in [5, 5.41) is 3.56. The SMILES string of the molecule is CC[C@H](C)[C@H](C)Nc1ccccc1C. The Bertz CT molecular complexity index is 280. The Kier molecular flexibility index (Phi) is 3.99. The van der Waals surface area contributed by atoms with Crippen molar-refractivity contribution in [3.63, 3.8) is 0 Å². The molecule has 0 aliphatic rings. The van der Waals surface area contributed by atoms with Crippen LogP contribution < -0.4 is 5.32 Å². The lowest BCUT2D eigenvalue weighted by atomic mass is 10.0. The largest absolute Gasteiger partial charge is 0.382 e. The molecule has 0 amide bonds. The normalized spacial score (nSPS) is 14.9. The predicted octanol–water partition coefficient (Wildman–Crippen LogP) is 3.84. The highest BCUT2D eigenvalue weighted by Gasteiger charge is 2.09. The summed E-state index contributed by atoms with van der Waals surface area (Å²) >= 11 is 0. The van der Waals surface area contributed by atoms with Gasteiger partial charge in [0, 0.05) is 11.7 Å². The van der Waals surface area contributed by atoms with Crippen LogP contribution >= 0.6 is 0 Å². The van der Waals surface area contributed by atoms with Crippen LogP contribution in [0.25, 0.3) is 0 Å². The molecule has 0 radical (unpaired) electrons. The highest BCUT2D eigenvalue weighted by molar-refractivity contribution is 5.50. The Morgan fingerprint density at radius 1 is 1.21 bits per heavy atom. The Balaban J connectivity index is 2.64. The van der Waals surface area contributed by atoms with Gasteiger partial charge in [-0.1, -0.05) is 38.5 Å². The zero-order valence-electron chi connectivity index (χ0n) is 9.67. The Morgan fingerprint density at radius 2 is 1.86 bits per heavy atom. The van der Waals surface area contributed by atoms with Crippen LogP contribution in [0.4, 0.5) is 5.69 Å². The molecule has 14 heavy (non-hydrogen) atoms. The average molecular weight is 191 g/mol. The molecule has 2 atom stereocenters. The van der Waals surface area contributed by atoms with Crippen molar-refractivity contribution in [3.8, 4) is 0 Å². The van der Waals surface area contributed by atoms with Crippen LogP contribution in [0.3, 0.4) is 0 Å². The third kappa shape index (κ3) is 2.76. The van der Waals surface area contributed by atoms with E-state index in [1.54, 1.807) is 0 Å². The molecule has 1 rings (SSSR count). The van der Waals surface area contributed by atoms with Gasteiger partial charge in [0.05, 0.1) is 0 Å². The number of hydrogen-bond acceptors (Lipinski definition) is 1. The summed E-state index contributed by atoms with van der Waals surface area (Å²) in [6, 6.07) is 8.99. The van der Waals surface area contributed by atoms with Crippen molar-refractivity contribution in [3.05, 3.63) is 29.8 Å². The Morgan fingerprint density at radius 3 is 2.43 bits per heavy atom. The second kappa shape index (κ2) is 5.04. The van der Waals surface area contributed by atoms with Gasteiger partial charge >= 0.3 is 0 Å². The summed E-state index contributed by atoms with van der Waals surface area (Å²) in [5.74, 6) is 0.717. The summed E-state index contributed by atoms with van der Waals surface area (Å²) in [6.07, 6.45) is 1.22. The molecule has 0 aromatic heterocycles. The molecule has 1 N–H and O–H groups in total. The van der Waals surface area contributed by atoms with E-state index in [1.807, 2.05) is 0 Å². The molecule has 0 heterocycles. The van der Waals surface area contributed by atoms with Crippen LogP contribution in [0.1, 0.15) is 32.8 Å². The van der Waals surface area contributed by atoms with E-state index in [-0.39, 0.29) is 0 Å². The van der Waals surface area contributed by atoms with Crippen LogP contribution in [0.2, 0.25) is 0 Å². The molecule has 1 aromatic rings. The van der Waals surface area contributed by atoms with Gasteiger partial charge in [0.25, 0.3) is 0 Å². The zero-order chi connectivity index (χ0) is 10.6. The maximum atomic E-state index is 3.56. The van der Waals surface area contributed by atoms with E-state index < -0.39 is 0 Å². The molecule has 0 fully saturated rings. The number of nitrogens with one attached hydrogen (secondary N) is 1. The summed E-state index contributed by atoms with van der Waals surface area (Å²) in [4.78, 5) is 0. The number of aryl methyl sites for hydroxylation is 1. The third-order valence-electron chi connectivity index (χ3n) is 3.03. The molecule has 1 heteroatoms. The van der Waals surface area contributed by atoms with Crippen LogP contribution in [-0.4, -0.2) is 6.04 Å². The minimum atomic E-state index is 0.543. The molecular formula is C13H21N. The summed E-state index contributed by atoms with van der Waals surface area (Å²) in [5.41, 5.74) is 2.59. The van der Waals surface area contributed by atoms with Crippen LogP contribution in [0.15, 0.2) is 24.3 Å². The molecule has 0 aliphatic heterocycles. The number of para-hydroxylation sites is 1. The second-order valence-electron chi connectivity index (χ2n) is 4.13. The third-order valence-corrected chi connectivity index (χ3v) is 3.03. The highest BCUT2D eigenvalue weighted by Crippen LogP contribution is 2.18. The van der Waals surface area contributed by atoms with E-state index in [0.717, 1.165) is 5.92 Å². The van der Waals surface area contributed by atoms with E-state index in [2.05, 4.69) is 57.3 Å². The fourth-order valence-corrected chi connectivity index (χ4v) is 1.48. The monoisotopic (exact) mass is 191 g/mol. The lowest BCUT2D eigenvalue weighted by molar-refractivity contribution is 0.494. The lowest BCUT2D eigenvalue weighted by Crippen LogP contribution is -2.23. The van der Waals surface area contributed by atoms with Crippen molar-refractivity contribution in [1.29, 1.82) is 0 Å². The van der Waals surface area contributed by atoms with Gasteiger partial charge < -0.3 is 5.32 Å². The number of anilines is 1. The first-order chi connectivity index (χ1) is 6.65. The number of benzene rings is 1. The van der Waals surface area contributed by atoms with Crippen LogP contribution in [0.5, 0.6) is 0 Å². The molecule has 0 spiro atoms. The van der Waals surface area contributed by atoms with Gasteiger partial charge in [0.15, 0.2) is 0 Å². The van der Waals surface area contributed by atoms with Gasteiger partial charge in [-0.2, -0.15) is 0 Å². The molecule has 1 aromatic carbocycles. The molecule has 0 unspecified atom stereocenters. The zero-order valence-corrected chi connectivity index (χ0v) is 9.67. The van der Waals surface area contributed by atoms with Crippen molar-refractivity contribution in [1.82, 2.24) is 0 Å². The maximum absolute atomic E-state index is 3.56. The van der Waals surface area contributed by atoms with Gasteiger partial charge in [-0.3, -0.25) is 0 Å². The standard InChI is InChI=1S/C13H21N/c1-5-10(2)12(4)14-13-9-7-6-8-11(13)3/h6-10,12,14H,5H2,1-4H3/t10-,12-/m0/s1. The van der Waals surface area contributed by atoms with Crippen molar-refractivity contribution >= 4 is 5.69 Å². The molecule has 1 nitrogen and oxygen atoms in total. The highest BCUT2D eigenvalue weighted by atomic mass is 14.9. The Labute approximate surface area is 87.5 Å². The fourth-order valence-electron chi connectivity index (χ4n) is 1.48. The quantitative estimate of drug-likeness (QED) is 0.762. The topological polar surface area (TPSA) is 12.0 Å². The number of rotatable bonds is 4. The molecule has 0 saturated heterocycles. The van der Waals surface area contributed by atoms with Crippen molar-refractivity contribution in [2.75, 3.05) is 5.32 Å². The summed E-state index contributed by atoms with van der Waals surface area (Å²) in [6.45, 7) is 8.92. The van der Waals surface area contributed by atoms with Crippen LogP contribution in [-0.2, 0) is 0 Å². The van der Waals surface area contributed by atoms with E-state index >= 15 is 0 Å². The molecule has 78 valence electrons. The van der Waals surface area contributed by atoms with E-state index in [1.165, 1.54) is 17.7 Å². The fraction of sp³-hybridized carbons (Fsp3) is 0.538. The Hall–Kier alpha value is -0.980. The smallest absolute Gasteiger partial charge is 0.0372 e. The van der Waals surface area contributed by atoms with Gasteiger partial charge in [0.1, 0.15) is 0 Å². The first-order valence-electron chi connectivity index (χ1n) is 5.47. The average Bonchev–Trinajstić information content (AvgIpc) is 2.20. The van der Waals surface area contributed by atoms with Gasteiger partial charge in [-0.15, -0.1) is 0 Å². The van der Waals surface area contributed by atoms with E-state index in [9.17, 15) is 0 Å². The van der Waals surface area contributed by atoms with E-state index in [0.29, 0.717) is 6.04 Å². The maximum Gasteiger partial charge on any atom is 0.0372 e. The minimum Gasteiger partial charge on any atom is -0.382 e. The van der Waals surface area contributed by atoms with E-state index in [4.69, 9.17) is 0 Å². The lowest BCUT2D eigenvalue weighted by Gasteiger charge is -2.22. The summed E-state index contributed by atoms with van der Waals surface area (Å²) in [7, 11) is 0. The van der Waals surface area contributed by atoms with Crippen molar-refractivity contribution in [2.24, 2.45) is 5.92 Å². The van der Waals surface area contributed by atoms with Gasteiger partial charge in [0.2, 0.25) is 0 Å².